The lowest BCUT2D eigenvalue weighted by atomic mass is 10.1. The van der Waals surface area contributed by atoms with Crippen LogP contribution in [-0.4, -0.2) is 50.2 Å². The van der Waals surface area contributed by atoms with Gasteiger partial charge in [-0.05, 0) is 26.3 Å². The molecule has 1 atom stereocenters. The lowest BCUT2D eigenvalue weighted by Gasteiger charge is -2.27. The molecular weight excluding hydrogens is 192 g/mol. The molecule has 1 rings (SSSR count). The Bertz CT molecular complexity index is 197. The summed E-state index contributed by atoms with van der Waals surface area (Å²) in [5.41, 5.74) is 0. The standard InChI is InChI=1S/C11H22N2O2/c1-10-9-11(14)13(6-3-5-12-10)7-4-8-15-2/h10,12H,3-9H2,1-2H3. The summed E-state index contributed by atoms with van der Waals surface area (Å²) >= 11 is 0. The zero-order chi connectivity index (χ0) is 11.1. The van der Waals surface area contributed by atoms with Gasteiger partial charge in [-0.1, -0.05) is 0 Å². The van der Waals surface area contributed by atoms with Gasteiger partial charge in [0, 0.05) is 39.3 Å². The van der Waals surface area contributed by atoms with Crippen LogP contribution in [0.2, 0.25) is 0 Å². The Kier molecular flexibility index (Phi) is 5.65. The van der Waals surface area contributed by atoms with E-state index in [1.54, 1.807) is 7.11 Å². The van der Waals surface area contributed by atoms with Crippen LogP contribution in [0, 0.1) is 0 Å². The Morgan fingerprint density at radius 2 is 2.40 bits per heavy atom. The van der Waals surface area contributed by atoms with E-state index in [4.69, 9.17) is 4.74 Å². The molecule has 1 heterocycles. The number of hydrogen-bond donors (Lipinski definition) is 1. The number of hydrogen-bond acceptors (Lipinski definition) is 3. The van der Waals surface area contributed by atoms with Gasteiger partial charge in [0.15, 0.2) is 0 Å². The van der Waals surface area contributed by atoms with Crippen molar-refractivity contribution in [3.63, 3.8) is 0 Å². The van der Waals surface area contributed by atoms with E-state index in [0.29, 0.717) is 12.5 Å². The highest BCUT2D eigenvalue weighted by Crippen LogP contribution is 2.04. The Labute approximate surface area is 92.0 Å². The van der Waals surface area contributed by atoms with Gasteiger partial charge in [-0.3, -0.25) is 4.79 Å². The Balaban J connectivity index is 2.35. The molecule has 15 heavy (non-hydrogen) atoms. The van der Waals surface area contributed by atoms with Crippen LogP contribution in [0.4, 0.5) is 0 Å². The third-order valence-corrected chi connectivity index (χ3v) is 2.71. The van der Waals surface area contributed by atoms with Crippen molar-refractivity contribution in [3.8, 4) is 0 Å². The maximum absolute atomic E-state index is 11.8. The Hall–Kier alpha value is -0.610. The number of carbonyl (C=O) groups excluding carboxylic acids is 1. The van der Waals surface area contributed by atoms with Crippen molar-refractivity contribution in [1.29, 1.82) is 0 Å². The first kappa shape index (κ1) is 12.5. The molecule has 0 spiro atoms. The zero-order valence-electron chi connectivity index (χ0n) is 9.79. The van der Waals surface area contributed by atoms with Gasteiger partial charge in [0.2, 0.25) is 5.91 Å². The SMILES string of the molecule is COCCCN1CCCNC(C)CC1=O. The quantitative estimate of drug-likeness (QED) is 0.698. The maximum Gasteiger partial charge on any atom is 0.224 e. The number of nitrogens with one attached hydrogen (secondary N) is 1. The summed E-state index contributed by atoms with van der Waals surface area (Å²) in [6, 6.07) is 0.308. The number of carbonyl (C=O) groups is 1. The average molecular weight is 214 g/mol. The summed E-state index contributed by atoms with van der Waals surface area (Å²) in [5, 5.41) is 3.33. The minimum atomic E-state index is 0.269. The summed E-state index contributed by atoms with van der Waals surface area (Å²) in [5.74, 6) is 0.269. The third kappa shape index (κ3) is 4.62. The lowest BCUT2D eigenvalue weighted by Crippen LogP contribution is -2.42. The maximum atomic E-state index is 11.8. The largest absolute Gasteiger partial charge is 0.385 e. The van der Waals surface area contributed by atoms with Crippen LogP contribution in [0.15, 0.2) is 0 Å². The molecule has 1 aliphatic heterocycles. The van der Waals surface area contributed by atoms with Gasteiger partial charge in [-0.25, -0.2) is 0 Å². The zero-order valence-corrected chi connectivity index (χ0v) is 9.79. The lowest BCUT2D eigenvalue weighted by molar-refractivity contribution is -0.132. The second-order valence-electron chi connectivity index (χ2n) is 4.14. The van der Waals surface area contributed by atoms with E-state index in [2.05, 4.69) is 12.2 Å². The van der Waals surface area contributed by atoms with Crippen molar-refractivity contribution in [2.24, 2.45) is 0 Å². The van der Waals surface area contributed by atoms with Crippen LogP contribution in [0.5, 0.6) is 0 Å². The van der Waals surface area contributed by atoms with Crippen molar-refractivity contribution in [2.75, 3.05) is 33.4 Å². The highest BCUT2D eigenvalue weighted by molar-refractivity contribution is 5.76. The van der Waals surface area contributed by atoms with Gasteiger partial charge in [0.25, 0.3) is 0 Å². The molecule has 1 amide bonds. The molecule has 88 valence electrons. The first-order valence-corrected chi connectivity index (χ1v) is 5.74. The molecule has 4 nitrogen and oxygen atoms in total. The van der Waals surface area contributed by atoms with Crippen LogP contribution in [0.25, 0.3) is 0 Å². The molecule has 0 aromatic carbocycles. The highest BCUT2D eigenvalue weighted by atomic mass is 16.5. The molecule has 0 radical (unpaired) electrons. The molecule has 1 N–H and O–H groups in total. The predicted octanol–water partition coefficient (Wildman–Crippen LogP) is 0.623. The molecule has 1 fully saturated rings. The topological polar surface area (TPSA) is 41.6 Å². The minimum absolute atomic E-state index is 0.269. The number of amides is 1. The number of ether oxygens (including phenoxy) is 1. The summed E-state index contributed by atoms with van der Waals surface area (Å²) in [4.78, 5) is 13.8. The van der Waals surface area contributed by atoms with Gasteiger partial charge >= 0.3 is 0 Å². The number of nitrogens with zero attached hydrogens (tertiary/aromatic N) is 1. The van der Waals surface area contributed by atoms with E-state index in [9.17, 15) is 4.79 Å². The van der Waals surface area contributed by atoms with Crippen molar-refractivity contribution < 1.29 is 9.53 Å². The predicted molar refractivity (Wildman–Crippen MR) is 59.8 cm³/mol. The van der Waals surface area contributed by atoms with Gasteiger partial charge in [-0.2, -0.15) is 0 Å². The molecule has 1 unspecified atom stereocenters. The molecule has 0 aliphatic carbocycles. The van der Waals surface area contributed by atoms with Gasteiger partial charge < -0.3 is 15.0 Å². The van der Waals surface area contributed by atoms with Gasteiger partial charge in [-0.15, -0.1) is 0 Å². The molecule has 0 bridgehead atoms. The van der Waals surface area contributed by atoms with Gasteiger partial charge in [0.1, 0.15) is 0 Å². The third-order valence-electron chi connectivity index (χ3n) is 2.71. The van der Waals surface area contributed by atoms with Crippen LogP contribution in [-0.2, 0) is 9.53 Å². The number of methoxy groups -OCH3 is 1. The normalized spacial score (nSPS) is 23.7. The Morgan fingerprint density at radius 3 is 3.13 bits per heavy atom. The summed E-state index contributed by atoms with van der Waals surface area (Å²) in [6.07, 6.45) is 2.60. The monoisotopic (exact) mass is 214 g/mol. The molecular formula is C11H22N2O2. The summed E-state index contributed by atoms with van der Waals surface area (Å²) in [6.45, 7) is 5.52. The van der Waals surface area contributed by atoms with E-state index in [-0.39, 0.29) is 5.91 Å². The fraction of sp³-hybridized carbons (Fsp3) is 0.909. The smallest absolute Gasteiger partial charge is 0.224 e. The fourth-order valence-corrected chi connectivity index (χ4v) is 1.84. The molecule has 0 aromatic heterocycles. The molecule has 0 aromatic rings. The average Bonchev–Trinajstić information content (AvgIpc) is 2.19. The second-order valence-corrected chi connectivity index (χ2v) is 4.14. The molecule has 1 saturated heterocycles. The fourth-order valence-electron chi connectivity index (χ4n) is 1.84. The van der Waals surface area contributed by atoms with Crippen molar-refractivity contribution >= 4 is 5.91 Å². The minimum Gasteiger partial charge on any atom is -0.385 e. The van der Waals surface area contributed by atoms with Crippen LogP contribution in [0.1, 0.15) is 26.2 Å². The Morgan fingerprint density at radius 1 is 1.60 bits per heavy atom. The molecule has 1 aliphatic rings. The second kappa shape index (κ2) is 6.80. The van der Waals surface area contributed by atoms with E-state index in [1.165, 1.54) is 0 Å². The first-order valence-electron chi connectivity index (χ1n) is 5.74. The molecule has 0 saturated carbocycles. The van der Waals surface area contributed by atoms with Crippen LogP contribution < -0.4 is 5.32 Å². The van der Waals surface area contributed by atoms with E-state index in [1.807, 2.05) is 4.90 Å². The number of rotatable bonds is 4. The van der Waals surface area contributed by atoms with Crippen molar-refractivity contribution in [1.82, 2.24) is 10.2 Å². The molecule has 4 heteroatoms. The van der Waals surface area contributed by atoms with Crippen LogP contribution in [0.3, 0.4) is 0 Å². The van der Waals surface area contributed by atoms with Crippen LogP contribution >= 0.6 is 0 Å². The summed E-state index contributed by atoms with van der Waals surface area (Å²) < 4.78 is 4.99. The van der Waals surface area contributed by atoms with Gasteiger partial charge in [0.05, 0.1) is 0 Å². The van der Waals surface area contributed by atoms with E-state index in [0.717, 1.165) is 39.1 Å². The first-order chi connectivity index (χ1) is 7.24. The van der Waals surface area contributed by atoms with E-state index < -0.39 is 0 Å². The van der Waals surface area contributed by atoms with Crippen molar-refractivity contribution in [2.45, 2.75) is 32.2 Å². The van der Waals surface area contributed by atoms with E-state index >= 15 is 0 Å². The van der Waals surface area contributed by atoms with Crippen molar-refractivity contribution in [3.05, 3.63) is 0 Å². The highest BCUT2D eigenvalue weighted by Gasteiger charge is 2.18. The summed E-state index contributed by atoms with van der Waals surface area (Å²) in [7, 11) is 1.70.